The monoisotopic (exact) mass is 395 g/mol. The fourth-order valence-electron chi connectivity index (χ4n) is 4.72. The molecule has 2 aromatic rings. The first-order valence-corrected chi connectivity index (χ1v) is 10.5. The summed E-state index contributed by atoms with van der Waals surface area (Å²) in [5.74, 6) is 0.429. The lowest BCUT2D eigenvalue weighted by atomic mass is 9.73. The van der Waals surface area contributed by atoms with E-state index in [0.717, 1.165) is 56.4 Å². The van der Waals surface area contributed by atoms with Crippen LogP contribution in [0.3, 0.4) is 0 Å². The summed E-state index contributed by atoms with van der Waals surface area (Å²) in [5, 5.41) is 4.18. The largest absolute Gasteiger partial charge is 0.342 e. The molecular formula is C22H29N5O2. The number of amides is 2. The van der Waals surface area contributed by atoms with Crippen molar-refractivity contribution < 1.29 is 9.59 Å². The van der Waals surface area contributed by atoms with Gasteiger partial charge in [-0.1, -0.05) is 0 Å². The second-order valence-corrected chi connectivity index (χ2v) is 8.55. The summed E-state index contributed by atoms with van der Waals surface area (Å²) in [6.45, 7) is 2.95. The van der Waals surface area contributed by atoms with Crippen LogP contribution in [0.2, 0.25) is 0 Å². The van der Waals surface area contributed by atoms with Crippen molar-refractivity contribution in [1.29, 1.82) is 0 Å². The van der Waals surface area contributed by atoms with Crippen LogP contribution in [0.1, 0.15) is 43.2 Å². The van der Waals surface area contributed by atoms with Gasteiger partial charge in [-0.25, -0.2) is 0 Å². The van der Waals surface area contributed by atoms with Crippen LogP contribution in [0.4, 0.5) is 0 Å². The van der Waals surface area contributed by atoms with Crippen LogP contribution in [0.25, 0.3) is 0 Å². The first-order chi connectivity index (χ1) is 14.0. The summed E-state index contributed by atoms with van der Waals surface area (Å²) in [4.78, 5) is 33.4. The maximum Gasteiger partial charge on any atom is 0.222 e. The van der Waals surface area contributed by atoms with Crippen molar-refractivity contribution in [2.24, 2.45) is 12.5 Å². The molecule has 0 aromatic carbocycles. The quantitative estimate of drug-likeness (QED) is 0.778. The zero-order valence-corrected chi connectivity index (χ0v) is 17.1. The molecule has 7 nitrogen and oxygen atoms in total. The number of carbonyl (C=O) groups excluding carboxylic acids is 2. The fourth-order valence-corrected chi connectivity index (χ4v) is 4.72. The van der Waals surface area contributed by atoms with Crippen molar-refractivity contribution in [3.8, 4) is 0 Å². The molecule has 2 aromatic heterocycles. The minimum atomic E-state index is 0.0309. The van der Waals surface area contributed by atoms with E-state index in [9.17, 15) is 9.59 Å². The average molecular weight is 396 g/mol. The van der Waals surface area contributed by atoms with Gasteiger partial charge >= 0.3 is 0 Å². The van der Waals surface area contributed by atoms with Crippen LogP contribution in [0, 0.1) is 5.41 Å². The van der Waals surface area contributed by atoms with Crippen LogP contribution >= 0.6 is 0 Å². The van der Waals surface area contributed by atoms with Crippen molar-refractivity contribution >= 4 is 11.8 Å². The molecule has 154 valence electrons. The lowest BCUT2D eigenvalue weighted by Gasteiger charge is -2.48. The van der Waals surface area contributed by atoms with Gasteiger partial charge in [-0.2, -0.15) is 5.10 Å². The molecule has 0 radical (unpaired) electrons. The van der Waals surface area contributed by atoms with Gasteiger partial charge in [0.15, 0.2) is 0 Å². The number of nitrogens with zero attached hydrogens (tertiary/aromatic N) is 5. The topological polar surface area (TPSA) is 71.3 Å². The molecule has 2 fully saturated rings. The van der Waals surface area contributed by atoms with E-state index in [1.54, 1.807) is 17.1 Å². The van der Waals surface area contributed by atoms with Gasteiger partial charge in [-0.3, -0.25) is 19.3 Å². The molecule has 1 spiro atoms. The van der Waals surface area contributed by atoms with E-state index in [-0.39, 0.29) is 17.2 Å². The van der Waals surface area contributed by atoms with Gasteiger partial charge in [0.2, 0.25) is 11.8 Å². The van der Waals surface area contributed by atoms with E-state index in [1.807, 2.05) is 41.4 Å². The number of piperidine rings is 2. The minimum absolute atomic E-state index is 0.0309. The molecule has 4 heterocycles. The first kappa shape index (κ1) is 19.6. The lowest BCUT2D eigenvalue weighted by molar-refractivity contribution is -0.143. The highest BCUT2D eigenvalue weighted by Crippen LogP contribution is 2.39. The molecule has 7 heteroatoms. The van der Waals surface area contributed by atoms with E-state index in [2.05, 4.69) is 10.1 Å². The molecule has 0 N–H and O–H groups in total. The predicted octanol–water partition coefficient (Wildman–Crippen LogP) is 2.18. The Hall–Kier alpha value is -2.70. The number of hydrogen-bond donors (Lipinski definition) is 0. The van der Waals surface area contributed by atoms with Crippen LogP contribution in [0.15, 0.2) is 36.9 Å². The van der Waals surface area contributed by atoms with Crippen LogP contribution in [0.5, 0.6) is 0 Å². The molecule has 2 aliphatic rings. The molecule has 2 saturated heterocycles. The molecule has 0 bridgehead atoms. The highest BCUT2D eigenvalue weighted by Gasteiger charge is 2.42. The van der Waals surface area contributed by atoms with Gasteiger partial charge in [-0.05, 0) is 48.9 Å². The van der Waals surface area contributed by atoms with Gasteiger partial charge < -0.3 is 9.80 Å². The number of aromatic nitrogens is 3. The van der Waals surface area contributed by atoms with Gasteiger partial charge in [0.25, 0.3) is 0 Å². The zero-order chi connectivity index (χ0) is 20.3. The molecule has 2 amide bonds. The summed E-state index contributed by atoms with van der Waals surface area (Å²) in [6.07, 6.45) is 12.1. The average Bonchev–Trinajstić information content (AvgIpc) is 3.15. The maximum atomic E-state index is 12.9. The summed E-state index contributed by atoms with van der Waals surface area (Å²) < 4.78 is 1.77. The first-order valence-electron chi connectivity index (χ1n) is 10.5. The van der Waals surface area contributed by atoms with Crippen molar-refractivity contribution in [2.75, 3.05) is 19.6 Å². The maximum absolute atomic E-state index is 12.9. The van der Waals surface area contributed by atoms with E-state index in [4.69, 9.17) is 0 Å². The molecule has 1 unspecified atom stereocenters. The lowest BCUT2D eigenvalue weighted by Crippen LogP contribution is -2.54. The normalized spacial score (nSPS) is 22.3. The molecule has 0 saturated carbocycles. The molecular weight excluding hydrogens is 366 g/mol. The Balaban J connectivity index is 1.38. The van der Waals surface area contributed by atoms with E-state index in [1.165, 1.54) is 0 Å². The van der Waals surface area contributed by atoms with Gasteiger partial charge in [0, 0.05) is 70.1 Å². The molecule has 1 atom stereocenters. The Labute approximate surface area is 171 Å². The highest BCUT2D eigenvalue weighted by molar-refractivity contribution is 5.78. The second kappa shape index (κ2) is 8.35. The molecule has 4 rings (SSSR count). The van der Waals surface area contributed by atoms with Gasteiger partial charge in [0.1, 0.15) is 0 Å². The summed E-state index contributed by atoms with van der Waals surface area (Å²) in [5.41, 5.74) is 2.23. The van der Waals surface area contributed by atoms with Crippen molar-refractivity contribution in [1.82, 2.24) is 24.6 Å². The Morgan fingerprint density at radius 1 is 1.17 bits per heavy atom. The predicted molar refractivity (Wildman–Crippen MR) is 109 cm³/mol. The van der Waals surface area contributed by atoms with Crippen LogP contribution in [-0.2, 0) is 29.6 Å². The third kappa shape index (κ3) is 4.66. The van der Waals surface area contributed by atoms with Crippen molar-refractivity contribution in [3.05, 3.63) is 48.0 Å². The van der Waals surface area contributed by atoms with Crippen LogP contribution < -0.4 is 0 Å². The highest BCUT2D eigenvalue weighted by atomic mass is 16.2. The van der Waals surface area contributed by atoms with Crippen LogP contribution in [-0.4, -0.2) is 56.0 Å². The number of carbonyl (C=O) groups is 2. The number of aryl methyl sites for hydroxylation is 2. The van der Waals surface area contributed by atoms with E-state index in [0.29, 0.717) is 19.4 Å². The van der Waals surface area contributed by atoms with E-state index < -0.39 is 0 Å². The summed E-state index contributed by atoms with van der Waals surface area (Å²) in [7, 11) is 1.89. The minimum Gasteiger partial charge on any atom is -0.342 e. The third-order valence-electron chi connectivity index (χ3n) is 6.27. The third-order valence-corrected chi connectivity index (χ3v) is 6.27. The standard InChI is InChI=1S/C22H29N5O2/c1-25-14-19(13-24-25)3-4-20(28)26-12-2-8-22(16-26)9-5-21(29)27(17-22)15-18-6-10-23-11-7-18/h6-7,10-11,13-14H,2-5,8-9,12,15-17H2,1H3. The van der Waals surface area contributed by atoms with Gasteiger partial charge in [-0.15, -0.1) is 0 Å². The Kier molecular flexibility index (Phi) is 5.65. The summed E-state index contributed by atoms with van der Waals surface area (Å²) in [6, 6.07) is 3.92. The number of pyridine rings is 1. The fraction of sp³-hybridized carbons (Fsp3) is 0.545. The zero-order valence-electron chi connectivity index (χ0n) is 17.1. The second-order valence-electron chi connectivity index (χ2n) is 8.55. The van der Waals surface area contributed by atoms with Gasteiger partial charge in [0.05, 0.1) is 6.20 Å². The Morgan fingerprint density at radius 2 is 2.00 bits per heavy atom. The van der Waals surface area contributed by atoms with Crippen molar-refractivity contribution in [3.63, 3.8) is 0 Å². The number of rotatable bonds is 5. The number of hydrogen-bond acceptors (Lipinski definition) is 4. The smallest absolute Gasteiger partial charge is 0.222 e. The summed E-state index contributed by atoms with van der Waals surface area (Å²) >= 11 is 0. The molecule has 2 aliphatic heterocycles. The number of likely N-dealkylation sites (tertiary alicyclic amines) is 2. The Morgan fingerprint density at radius 3 is 2.76 bits per heavy atom. The Bertz CT molecular complexity index is 865. The molecule has 29 heavy (non-hydrogen) atoms. The molecule has 0 aliphatic carbocycles. The van der Waals surface area contributed by atoms with E-state index >= 15 is 0 Å². The van der Waals surface area contributed by atoms with Crippen molar-refractivity contribution in [2.45, 2.75) is 45.1 Å². The SMILES string of the molecule is Cn1cc(CCC(=O)N2CCCC3(CCC(=O)N(Cc4ccncc4)C3)C2)cn1.